The van der Waals surface area contributed by atoms with Gasteiger partial charge in [0.25, 0.3) is 0 Å². The standard InChI is InChI=1S/C17H19F2N5O2.C11H13IN2O/c1-16(2,25)10-4-5-13-11(6-10)14(22-23(13)3)21-12-7-20-24-8-17(18,19)9-26-15(12)24;1-11(2,15)7-4-5-9-8(6-7)10(12)13-14(9)3/h4-7,25H,8-9H2,1-3H3,(H,21,22);4-6,15H,1-3H3. The monoisotopic (exact) mass is 679 g/mol. The van der Waals surface area contributed by atoms with Crippen LogP contribution in [0.1, 0.15) is 38.8 Å². The molecule has 0 unspecified atom stereocenters. The van der Waals surface area contributed by atoms with E-state index in [-0.39, 0.29) is 5.88 Å². The Bertz CT molecular complexity index is 1750. The number of halogens is 3. The van der Waals surface area contributed by atoms with Crippen LogP contribution in [-0.2, 0) is 31.8 Å². The fourth-order valence-corrected chi connectivity index (χ4v) is 5.39. The van der Waals surface area contributed by atoms with Gasteiger partial charge in [-0.05, 0) is 85.7 Å². The highest BCUT2D eigenvalue weighted by atomic mass is 127. The van der Waals surface area contributed by atoms with Gasteiger partial charge in [-0.2, -0.15) is 15.3 Å². The van der Waals surface area contributed by atoms with Crippen LogP contribution in [0.3, 0.4) is 0 Å². The fraction of sp³-hybridized carbons (Fsp3) is 0.393. The number of rotatable bonds is 4. The largest absolute Gasteiger partial charge is 0.470 e. The van der Waals surface area contributed by atoms with Gasteiger partial charge in [-0.1, -0.05) is 12.1 Å². The summed E-state index contributed by atoms with van der Waals surface area (Å²) in [5.41, 5.74) is 2.30. The lowest BCUT2D eigenvalue weighted by Crippen LogP contribution is -2.36. The summed E-state index contributed by atoms with van der Waals surface area (Å²) in [6, 6.07) is 11.5. The Hall–Kier alpha value is -3.30. The minimum Gasteiger partial charge on any atom is -0.470 e. The van der Waals surface area contributed by atoms with E-state index in [2.05, 4.69) is 43.2 Å². The Morgan fingerprint density at radius 1 is 0.927 bits per heavy atom. The molecule has 0 bridgehead atoms. The van der Waals surface area contributed by atoms with Crippen molar-refractivity contribution >= 4 is 55.9 Å². The molecule has 0 spiro atoms. The second kappa shape index (κ2) is 10.2. The predicted molar refractivity (Wildman–Crippen MR) is 161 cm³/mol. The van der Waals surface area contributed by atoms with Gasteiger partial charge < -0.3 is 20.3 Å². The maximum Gasteiger partial charge on any atom is 0.300 e. The first-order chi connectivity index (χ1) is 19.0. The number of alkyl halides is 2. The molecule has 4 heterocycles. The molecule has 3 aromatic heterocycles. The molecule has 0 radical (unpaired) electrons. The van der Waals surface area contributed by atoms with E-state index in [1.165, 1.54) is 6.20 Å². The molecule has 0 saturated carbocycles. The Morgan fingerprint density at radius 2 is 1.49 bits per heavy atom. The van der Waals surface area contributed by atoms with Gasteiger partial charge in [0.2, 0.25) is 5.88 Å². The number of aromatic nitrogens is 6. The number of nitrogens with one attached hydrogen (secondary N) is 1. The van der Waals surface area contributed by atoms with E-state index >= 15 is 0 Å². The summed E-state index contributed by atoms with van der Waals surface area (Å²) >= 11 is 2.21. The zero-order valence-electron chi connectivity index (χ0n) is 23.6. The third-order valence-corrected chi connectivity index (χ3v) is 7.71. The number of anilines is 2. The van der Waals surface area contributed by atoms with Crippen LogP contribution in [0.2, 0.25) is 0 Å². The first kappa shape index (κ1) is 29.2. The molecule has 0 amide bonds. The van der Waals surface area contributed by atoms with Crippen molar-refractivity contribution in [3.8, 4) is 5.88 Å². The number of benzene rings is 2. The third kappa shape index (κ3) is 5.88. The van der Waals surface area contributed by atoms with Crippen LogP contribution in [0, 0.1) is 3.70 Å². The molecule has 0 aliphatic carbocycles. The van der Waals surface area contributed by atoms with Crippen molar-refractivity contribution in [1.29, 1.82) is 0 Å². The molecular formula is C28H32F2IN7O3. The number of hydrogen-bond donors (Lipinski definition) is 3. The highest BCUT2D eigenvalue weighted by molar-refractivity contribution is 14.1. The highest BCUT2D eigenvalue weighted by Crippen LogP contribution is 2.36. The average Bonchev–Trinajstić information content (AvgIpc) is 3.50. The molecule has 5 aromatic rings. The normalized spacial score (nSPS) is 14.9. The third-order valence-electron chi connectivity index (χ3n) is 6.91. The Balaban J connectivity index is 0.000000191. The summed E-state index contributed by atoms with van der Waals surface area (Å²) in [6.45, 7) is 5.80. The number of aliphatic hydroxyl groups is 2. The Labute approximate surface area is 249 Å². The van der Waals surface area contributed by atoms with E-state index < -0.39 is 30.3 Å². The van der Waals surface area contributed by atoms with Crippen molar-refractivity contribution in [2.24, 2.45) is 14.1 Å². The van der Waals surface area contributed by atoms with E-state index in [1.54, 1.807) is 32.4 Å². The van der Waals surface area contributed by atoms with Gasteiger partial charge in [-0.15, -0.1) is 0 Å². The van der Waals surface area contributed by atoms with E-state index in [9.17, 15) is 19.0 Å². The van der Waals surface area contributed by atoms with Gasteiger partial charge in [0.15, 0.2) is 12.4 Å². The smallest absolute Gasteiger partial charge is 0.300 e. The molecular weight excluding hydrogens is 647 g/mol. The van der Waals surface area contributed by atoms with E-state index in [0.717, 1.165) is 41.3 Å². The molecule has 0 fully saturated rings. The van der Waals surface area contributed by atoms with Gasteiger partial charge in [0.1, 0.15) is 15.9 Å². The van der Waals surface area contributed by atoms with Crippen LogP contribution in [-0.4, -0.2) is 52.1 Å². The first-order valence-electron chi connectivity index (χ1n) is 12.9. The zero-order valence-corrected chi connectivity index (χ0v) is 25.7. The summed E-state index contributed by atoms with van der Waals surface area (Å²) < 4.78 is 37.7. The zero-order chi connectivity index (χ0) is 29.9. The van der Waals surface area contributed by atoms with Gasteiger partial charge in [-0.25, -0.2) is 13.5 Å². The van der Waals surface area contributed by atoms with Crippen LogP contribution in [0.25, 0.3) is 21.8 Å². The molecule has 6 rings (SSSR count). The molecule has 2 aromatic carbocycles. The second-order valence-electron chi connectivity index (χ2n) is 11.3. The lowest BCUT2D eigenvalue weighted by molar-refractivity contribution is -0.0792. The van der Waals surface area contributed by atoms with Crippen molar-refractivity contribution in [1.82, 2.24) is 29.3 Å². The minimum atomic E-state index is -2.93. The molecule has 1 aliphatic heterocycles. The summed E-state index contributed by atoms with van der Waals surface area (Å²) in [4.78, 5) is 0. The SMILES string of the molecule is Cn1nc(I)c2cc(C(C)(C)O)ccc21.Cn1nc(Nc2cnn3c2OCC(F)(F)C3)c2cc(C(C)(C)O)ccc21. The van der Waals surface area contributed by atoms with Crippen molar-refractivity contribution in [3.05, 3.63) is 57.4 Å². The summed E-state index contributed by atoms with van der Waals surface area (Å²) in [5.74, 6) is -2.14. The van der Waals surface area contributed by atoms with Crippen molar-refractivity contribution in [2.45, 2.75) is 51.4 Å². The van der Waals surface area contributed by atoms with Crippen LogP contribution >= 0.6 is 22.6 Å². The minimum absolute atomic E-state index is 0.258. The van der Waals surface area contributed by atoms with Gasteiger partial charge in [-0.3, -0.25) is 9.36 Å². The molecule has 0 saturated heterocycles. The maximum absolute atomic E-state index is 13.4. The summed E-state index contributed by atoms with van der Waals surface area (Å²) in [6.07, 6.45) is 1.44. The molecule has 13 heteroatoms. The van der Waals surface area contributed by atoms with Gasteiger partial charge in [0.05, 0.1) is 28.4 Å². The quantitative estimate of drug-likeness (QED) is 0.225. The topological polar surface area (TPSA) is 115 Å². The number of nitrogens with zero attached hydrogens (tertiary/aromatic N) is 6. The van der Waals surface area contributed by atoms with Crippen molar-refractivity contribution in [3.63, 3.8) is 0 Å². The van der Waals surface area contributed by atoms with Crippen LogP contribution in [0.15, 0.2) is 42.6 Å². The van der Waals surface area contributed by atoms with Crippen LogP contribution in [0.4, 0.5) is 20.3 Å². The summed E-state index contributed by atoms with van der Waals surface area (Å²) in [5, 5.41) is 37.9. The number of fused-ring (bicyclic) bond motifs is 3. The number of ether oxygens (including phenoxy) is 1. The molecule has 218 valence electrons. The van der Waals surface area contributed by atoms with E-state index in [0.29, 0.717) is 11.5 Å². The Morgan fingerprint density at radius 3 is 2.10 bits per heavy atom. The average molecular weight is 680 g/mol. The van der Waals surface area contributed by atoms with Gasteiger partial charge in [0, 0.05) is 24.9 Å². The van der Waals surface area contributed by atoms with Crippen molar-refractivity contribution in [2.75, 3.05) is 11.9 Å². The van der Waals surface area contributed by atoms with E-state index in [1.807, 2.05) is 55.2 Å². The molecule has 10 nitrogen and oxygen atoms in total. The first-order valence-corrected chi connectivity index (χ1v) is 14.0. The number of aryl methyl sites for hydroxylation is 2. The second-order valence-corrected chi connectivity index (χ2v) is 12.3. The Kier molecular flexibility index (Phi) is 7.27. The van der Waals surface area contributed by atoms with Crippen LogP contribution < -0.4 is 10.1 Å². The van der Waals surface area contributed by atoms with Gasteiger partial charge >= 0.3 is 5.92 Å². The molecule has 3 N–H and O–H groups in total. The lowest BCUT2D eigenvalue weighted by atomic mass is 9.97. The molecule has 41 heavy (non-hydrogen) atoms. The molecule has 1 aliphatic rings. The molecule has 0 atom stereocenters. The summed E-state index contributed by atoms with van der Waals surface area (Å²) in [7, 11) is 3.73. The van der Waals surface area contributed by atoms with E-state index in [4.69, 9.17) is 4.74 Å². The number of hydrogen-bond acceptors (Lipinski definition) is 7. The predicted octanol–water partition coefficient (Wildman–Crippen LogP) is 5.17. The fourth-order valence-electron chi connectivity index (χ4n) is 4.63. The lowest BCUT2D eigenvalue weighted by Gasteiger charge is -2.24. The maximum atomic E-state index is 13.4. The van der Waals surface area contributed by atoms with Crippen molar-refractivity contribution < 1.29 is 23.7 Å². The highest BCUT2D eigenvalue weighted by Gasteiger charge is 2.37. The van der Waals surface area contributed by atoms with Crippen LogP contribution in [0.5, 0.6) is 5.88 Å².